The number of fused-ring (bicyclic) bond motifs is 1. The van der Waals surface area contributed by atoms with E-state index < -0.39 is 0 Å². The van der Waals surface area contributed by atoms with Crippen LogP contribution in [-0.4, -0.2) is 94.6 Å². The molecule has 0 saturated carbocycles. The molecular weight excluding hydrogens is 486 g/mol. The molecule has 3 aromatic rings. The van der Waals surface area contributed by atoms with E-state index >= 15 is 0 Å². The van der Waals surface area contributed by atoms with Gasteiger partial charge in [0.15, 0.2) is 11.5 Å². The number of anilines is 2. The van der Waals surface area contributed by atoms with Crippen LogP contribution in [0.5, 0.6) is 17.2 Å². The molecule has 2 aliphatic heterocycles. The van der Waals surface area contributed by atoms with E-state index in [2.05, 4.69) is 4.90 Å². The summed E-state index contributed by atoms with van der Waals surface area (Å²) in [5.41, 5.74) is 9.77. The fourth-order valence-corrected chi connectivity index (χ4v) is 5.22. The van der Waals surface area contributed by atoms with Crippen molar-refractivity contribution in [2.75, 3.05) is 84.4 Å². The number of amides is 2. The summed E-state index contributed by atoms with van der Waals surface area (Å²) in [6.07, 6.45) is 0.846. The zero-order valence-corrected chi connectivity index (χ0v) is 22.2. The summed E-state index contributed by atoms with van der Waals surface area (Å²) in [7, 11) is 4.88. The third kappa shape index (κ3) is 4.96. The Morgan fingerprint density at radius 2 is 1.63 bits per heavy atom. The number of methoxy groups -OCH3 is 3. The first-order valence-corrected chi connectivity index (χ1v) is 12.9. The molecule has 38 heavy (non-hydrogen) atoms. The molecule has 2 N–H and O–H groups in total. The molecule has 3 heterocycles. The number of ether oxygens (including phenoxy) is 4. The Bertz CT molecular complexity index is 1290. The van der Waals surface area contributed by atoms with Gasteiger partial charge >= 0.3 is 6.03 Å². The van der Waals surface area contributed by atoms with Crippen LogP contribution in [0.3, 0.4) is 0 Å². The summed E-state index contributed by atoms with van der Waals surface area (Å²) >= 11 is 0. The lowest BCUT2D eigenvalue weighted by Crippen LogP contribution is -2.49. The van der Waals surface area contributed by atoms with Crippen molar-refractivity contribution < 1.29 is 23.7 Å². The summed E-state index contributed by atoms with van der Waals surface area (Å²) in [4.78, 5) is 24.1. The van der Waals surface area contributed by atoms with Gasteiger partial charge in [-0.15, -0.1) is 0 Å². The van der Waals surface area contributed by atoms with Crippen LogP contribution in [0.15, 0.2) is 36.4 Å². The molecule has 10 nitrogen and oxygen atoms in total. The first-order valence-electron chi connectivity index (χ1n) is 12.9. The molecule has 0 atom stereocenters. The second kappa shape index (κ2) is 11.2. The fourth-order valence-electron chi connectivity index (χ4n) is 5.22. The minimum absolute atomic E-state index is 0.0853. The molecule has 1 aromatic heterocycles. The van der Waals surface area contributed by atoms with E-state index in [0.29, 0.717) is 68.6 Å². The van der Waals surface area contributed by atoms with E-state index in [1.54, 1.807) is 21.3 Å². The second-order valence-electron chi connectivity index (χ2n) is 9.39. The monoisotopic (exact) mass is 521 g/mol. The maximum absolute atomic E-state index is 13.0. The third-order valence-electron chi connectivity index (χ3n) is 7.21. The van der Waals surface area contributed by atoms with Crippen LogP contribution in [0.25, 0.3) is 22.0 Å². The number of benzene rings is 2. The number of carbonyl (C=O) groups is 1. The Kier molecular flexibility index (Phi) is 7.59. The summed E-state index contributed by atoms with van der Waals surface area (Å²) < 4.78 is 22.2. The number of morpholine rings is 1. The number of nitrogens with zero attached hydrogens (tertiary/aromatic N) is 4. The van der Waals surface area contributed by atoms with Gasteiger partial charge in [0.25, 0.3) is 0 Å². The predicted molar refractivity (Wildman–Crippen MR) is 147 cm³/mol. The standard InChI is InChI=1S/C28H35N5O5/c1-35-20-7-5-19(6-8-20)25-26-21(29)17-24(30-22(26)18-23(36-2)27(25)37-3)31-9-4-10-32(12-11-31)28(34)33-13-15-38-16-14-33/h5-8,17-18H,4,9-16H2,1-3H3,(H2,29,30). The van der Waals surface area contributed by atoms with Crippen molar-refractivity contribution >= 4 is 28.4 Å². The summed E-state index contributed by atoms with van der Waals surface area (Å²) in [6, 6.07) is 11.6. The Balaban J connectivity index is 1.48. The molecule has 2 aromatic carbocycles. The SMILES string of the molecule is COc1ccc(-c2c(OC)c(OC)cc3nc(N4CCCN(C(=O)N5CCOCC5)CC4)cc(N)c23)cc1. The van der Waals surface area contributed by atoms with Crippen LogP contribution in [0.1, 0.15) is 6.42 Å². The highest BCUT2D eigenvalue weighted by Gasteiger charge is 2.26. The van der Waals surface area contributed by atoms with Gasteiger partial charge in [-0.05, 0) is 24.1 Å². The Hall–Kier alpha value is -3.92. The van der Waals surface area contributed by atoms with Gasteiger partial charge in [0.2, 0.25) is 0 Å². The molecule has 10 heteroatoms. The number of hydrogen-bond acceptors (Lipinski definition) is 8. The molecule has 0 unspecified atom stereocenters. The van der Waals surface area contributed by atoms with Gasteiger partial charge in [0.05, 0.1) is 40.1 Å². The summed E-state index contributed by atoms with van der Waals surface area (Å²) in [5, 5.41) is 0.801. The molecular formula is C28H35N5O5. The van der Waals surface area contributed by atoms with E-state index in [-0.39, 0.29) is 6.03 Å². The van der Waals surface area contributed by atoms with Gasteiger partial charge in [-0.2, -0.15) is 0 Å². The fraction of sp³-hybridized carbons (Fsp3) is 0.429. The first-order chi connectivity index (χ1) is 18.5. The zero-order valence-electron chi connectivity index (χ0n) is 22.2. The molecule has 202 valence electrons. The van der Waals surface area contributed by atoms with Crippen LogP contribution in [-0.2, 0) is 4.74 Å². The van der Waals surface area contributed by atoms with Gasteiger partial charge < -0.3 is 39.4 Å². The maximum atomic E-state index is 13.0. The lowest BCUT2D eigenvalue weighted by Gasteiger charge is -2.32. The lowest BCUT2D eigenvalue weighted by molar-refractivity contribution is 0.0438. The number of urea groups is 1. The van der Waals surface area contributed by atoms with Crippen molar-refractivity contribution in [1.29, 1.82) is 0 Å². The number of carbonyl (C=O) groups excluding carboxylic acids is 1. The average molecular weight is 522 g/mol. The number of pyridine rings is 1. The smallest absolute Gasteiger partial charge is 0.320 e. The summed E-state index contributed by atoms with van der Waals surface area (Å²) in [6.45, 7) is 5.27. The molecule has 5 rings (SSSR count). The van der Waals surface area contributed by atoms with Crippen molar-refractivity contribution in [3.63, 3.8) is 0 Å². The number of rotatable bonds is 5. The molecule has 0 radical (unpaired) electrons. The van der Waals surface area contributed by atoms with Gasteiger partial charge in [-0.1, -0.05) is 12.1 Å². The lowest BCUT2D eigenvalue weighted by atomic mass is 9.97. The van der Waals surface area contributed by atoms with Crippen LogP contribution in [0, 0.1) is 0 Å². The molecule has 2 fully saturated rings. The highest BCUT2D eigenvalue weighted by atomic mass is 16.5. The van der Waals surface area contributed by atoms with Crippen molar-refractivity contribution in [1.82, 2.24) is 14.8 Å². The topological polar surface area (TPSA) is 103 Å². The quantitative estimate of drug-likeness (QED) is 0.545. The zero-order chi connectivity index (χ0) is 26.6. The van der Waals surface area contributed by atoms with E-state index in [1.165, 1.54) is 0 Å². The van der Waals surface area contributed by atoms with Crippen LogP contribution < -0.4 is 24.8 Å². The third-order valence-corrected chi connectivity index (χ3v) is 7.21. The van der Waals surface area contributed by atoms with E-state index in [0.717, 1.165) is 41.0 Å². The van der Waals surface area contributed by atoms with E-state index in [1.807, 2.05) is 46.2 Å². The molecule has 2 saturated heterocycles. The van der Waals surface area contributed by atoms with Crippen molar-refractivity contribution in [2.24, 2.45) is 0 Å². The van der Waals surface area contributed by atoms with Gasteiger partial charge in [-0.3, -0.25) is 0 Å². The molecule has 2 aliphatic rings. The van der Waals surface area contributed by atoms with Gasteiger partial charge in [0.1, 0.15) is 11.6 Å². The van der Waals surface area contributed by atoms with Crippen molar-refractivity contribution in [2.45, 2.75) is 6.42 Å². The Morgan fingerprint density at radius 1 is 0.895 bits per heavy atom. The summed E-state index contributed by atoms with van der Waals surface area (Å²) in [5.74, 6) is 2.71. The van der Waals surface area contributed by atoms with Crippen LogP contribution in [0.2, 0.25) is 0 Å². The van der Waals surface area contributed by atoms with Crippen molar-refractivity contribution in [3.05, 3.63) is 36.4 Å². The molecule has 0 aliphatic carbocycles. The van der Waals surface area contributed by atoms with E-state index in [4.69, 9.17) is 29.7 Å². The van der Waals surface area contributed by atoms with Gasteiger partial charge in [0, 0.05) is 68.0 Å². The Labute approximate surface area is 222 Å². The van der Waals surface area contributed by atoms with Gasteiger partial charge in [-0.25, -0.2) is 9.78 Å². The molecule has 0 bridgehead atoms. The number of hydrogen-bond donors (Lipinski definition) is 1. The number of nitrogens with two attached hydrogens (primary N) is 1. The average Bonchev–Trinajstić information content (AvgIpc) is 3.22. The molecule has 0 spiro atoms. The van der Waals surface area contributed by atoms with Crippen LogP contribution >= 0.6 is 0 Å². The largest absolute Gasteiger partial charge is 0.497 e. The second-order valence-corrected chi connectivity index (χ2v) is 9.39. The highest BCUT2D eigenvalue weighted by Crippen LogP contribution is 2.46. The normalized spacial score (nSPS) is 16.3. The van der Waals surface area contributed by atoms with Crippen LogP contribution in [0.4, 0.5) is 16.3 Å². The van der Waals surface area contributed by atoms with E-state index in [9.17, 15) is 4.79 Å². The molecule has 2 amide bonds. The Morgan fingerprint density at radius 3 is 2.32 bits per heavy atom. The number of nitrogen functional groups attached to an aromatic ring is 1. The minimum Gasteiger partial charge on any atom is -0.497 e. The van der Waals surface area contributed by atoms with Crippen molar-refractivity contribution in [3.8, 4) is 28.4 Å². The predicted octanol–water partition coefficient (Wildman–Crippen LogP) is 3.47. The number of aromatic nitrogens is 1. The first kappa shape index (κ1) is 25.7. The maximum Gasteiger partial charge on any atom is 0.320 e. The highest BCUT2D eigenvalue weighted by molar-refractivity contribution is 6.07. The minimum atomic E-state index is 0.0853.